The van der Waals surface area contributed by atoms with Gasteiger partial charge < -0.3 is 19.9 Å². The van der Waals surface area contributed by atoms with E-state index in [1.807, 2.05) is 0 Å². The van der Waals surface area contributed by atoms with E-state index in [4.69, 9.17) is 29.9 Å². The third-order valence-corrected chi connectivity index (χ3v) is 23.7. The van der Waals surface area contributed by atoms with E-state index in [0.717, 1.165) is 207 Å². The van der Waals surface area contributed by atoms with Gasteiger partial charge in [0.15, 0.2) is 0 Å². The molecular formula is C110H92N8Zn. The van der Waals surface area contributed by atoms with E-state index in [2.05, 4.69) is 377 Å². The Labute approximate surface area is 711 Å². The Hall–Kier alpha value is -13.3. The van der Waals surface area contributed by atoms with Gasteiger partial charge in [-0.05, 0) is 367 Å². The fourth-order valence-electron chi connectivity index (χ4n) is 19.5. The number of aryl methyl sites for hydroxylation is 18. The topological polar surface area (TPSA) is 111 Å². The van der Waals surface area contributed by atoms with Gasteiger partial charge in [0, 0.05) is 55.4 Å². The van der Waals surface area contributed by atoms with Crippen molar-refractivity contribution in [2.45, 2.75) is 125 Å². The summed E-state index contributed by atoms with van der Waals surface area (Å²) in [5.74, 6) is 13.2. The first kappa shape index (κ1) is 78.2. The Bertz CT molecular complexity index is 6680. The summed E-state index contributed by atoms with van der Waals surface area (Å²) < 4.78 is 0. The summed E-state index contributed by atoms with van der Waals surface area (Å²) in [5.41, 5.74) is 53.7. The Morgan fingerprint density at radius 3 is 0.655 bits per heavy atom. The molecule has 8 aromatic carbocycles. The second-order valence-electron chi connectivity index (χ2n) is 33.2. The summed E-state index contributed by atoms with van der Waals surface area (Å²) in [4.78, 5) is 42.2. The van der Waals surface area contributed by atoms with E-state index in [1.54, 1.807) is 0 Å². The number of rotatable bonds is 8. The number of aromatic amines is 2. The van der Waals surface area contributed by atoms with Crippen molar-refractivity contribution in [2.75, 3.05) is 0 Å². The van der Waals surface area contributed by atoms with Crippen molar-refractivity contribution in [2.24, 2.45) is 0 Å². The average molecular weight is 1590 g/mol. The molecule has 16 bridgehead atoms. The first-order chi connectivity index (χ1) is 56.8. The van der Waals surface area contributed by atoms with Crippen molar-refractivity contribution >= 4 is 92.7 Å². The smallest absolute Gasteiger partial charge is 0.657 e. The number of benzene rings is 8. The van der Waals surface area contributed by atoms with Crippen LogP contribution in [-0.2, 0) is 19.5 Å². The standard InChI is InChI=1S/C110H92N8.Zn/c1-59-47-65(7)97(66(8)48-59)105-85-35-31-81(111-85)103(82-32-36-86(112-82)106(98-67(9)49-60(2)50-68(98)10)90-40-44-94(116-90)109(93-43-39-89(105)115-93)101-73(15)55-63(5)56-74(101)16)79-27-23-77(24-28-79)21-19-20-22-78-25-29-80(30-26-78)104-83-33-37-87(113-83)107(99-69(11)51-61(3)52-70(99)12)91-41-45-95(117-91)110(102-75(17)57-64(6)58-76(102)18)96-46-42-92(118-96)108(88-38-34-84(104)114-88)100-71(13)53-62(4)54-72(100)14;/h23-58,111,116H,1-18H3;/q-2;+2. The molecule has 18 rings (SSSR count). The van der Waals surface area contributed by atoms with Gasteiger partial charge in [0.2, 0.25) is 0 Å². The predicted octanol–water partition coefficient (Wildman–Crippen LogP) is 27.2. The number of nitrogens with one attached hydrogen (secondary N) is 2. The fourth-order valence-corrected chi connectivity index (χ4v) is 19.5. The molecule has 8 nitrogen and oxygen atoms in total. The molecule has 0 amide bonds. The van der Waals surface area contributed by atoms with E-state index < -0.39 is 0 Å². The molecule has 0 fully saturated rings. The van der Waals surface area contributed by atoms with Crippen molar-refractivity contribution in [1.82, 2.24) is 39.9 Å². The molecule has 4 aliphatic heterocycles. The van der Waals surface area contributed by atoms with Gasteiger partial charge in [0.25, 0.3) is 0 Å². The van der Waals surface area contributed by atoms with Crippen molar-refractivity contribution in [1.29, 1.82) is 0 Å². The Balaban J connectivity index is 0.0000101. The molecule has 574 valence electrons. The molecule has 2 N–H and O–H groups in total. The normalized spacial score (nSPS) is 11.9. The molecule has 0 unspecified atom stereocenters. The van der Waals surface area contributed by atoms with Gasteiger partial charge in [-0.15, -0.1) is 22.1 Å². The fraction of sp³-hybridized carbons (Fsp3) is 0.164. The molecule has 0 saturated heterocycles. The van der Waals surface area contributed by atoms with Crippen LogP contribution >= 0.6 is 0 Å². The van der Waals surface area contributed by atoms with Crippen LogP contribution in [0.15, 0.2) is 170 Å². The van der Waals surface area contributed by atoms with Crippen LogP contribution in [0, 0.1) is 148 Å². The molecule has 0 spiro atoms. The van der Waals surface area contributed by atoms with Crippen LogP contribution in [-0.4, -0.2) is 29.9 Å². The second-order valence-corrected chi connectivity index (χ2v) is 33.2. The zero-order chi connectivity index (χ0) is 82.0. The van der Waals surface area contributed by atoms with Gasteiger partial charge in [-0.25, -0.2) is 19.9 Å². The maximum atomic E-state index is 5.71. The van der Waals surface area contributed by atoms with Gasteiger partial charge >= 0.3 is 19.5 Å². The van der Waals surface area contributed by atoms with Crippen LogP contribution in [0.5, 0.6) is 0 Å². The molecule has 0 radical (unpaired) electrons. The zero-order valence-corrected chi connectivity index (χ0v) is 74.1. The Kier molecular flexibility index (Phi) is 20.4. The number of aromatic nitrogens is 8. The molecule has 4 aliphatic rings. The summed E-state index contributed by atoms with van der Waals surface area (Å²) in [5, 5.41) is 0. The summed E-state index contributed by atoms with van der Waals surface area (Å²) >= 11 is 0. The van der Waals surface area contributed by atoms with E-state index in [9.17, 15) is 0 Å². The predicted molar refractivity (Wildman–Crippen MR) is 498 cm³/mol. The molecule has 0 saturated carbocycles. The van der Waals surface area contributed by atoms with Crippen LogP contribution in [0.1, 0.15) is 157 Å². The van der Waals surface area contributed by atoms with Gasteiger partial charge in [-0.2, -0.15) is 0 Å². The Morgan fingerprint density at radius 1 is 0.210 bits per heavy atom. The SMILES string of the molecule is Cc1cc(C)c(-c2c3nc(c(-c4c(C)cc(C)cc4C)c4ccc([n-]4)c(-c4c(C)cc(C)cc4C)c4nc(c(-c5ccc(C#CC#Cc6ccc(-c7c8nc(c(-c9c(C)cc(C)cc9C)c9ccc([nH]9)c(-c9c(C)cc(C)cc9C)c9nc(c(-c%10c(C)cc(C)cc%10C)c%10ccc7[nH]%10)C=C9)C=C8)cc6)cc5)c5ccc2[n-]5)C=C4)C=C3)c(C)c1.[Zn+2]. The van der Waals surface area contributed by atoms with E-state index >= 15 is 0 Å². The molecule has 10 heterocycles. The van der Waals surface area contributed by atoms with E-state index in [-0.39, 0.29) is 19.5 Å². The summed E-state index contributed by atoms with van der Waals surface area (Å²) in [7, 11) is 0. The molecule has 0 atom stereocenters. The van der Waals surface area contributed by atoms with Gasteiger partial charge in [-0.3, -0.25) is 0 Å². The minimum Gasteiger partial charge on any atom is -0.657 e. The maximum Gasteiger partial charge on any atom is 2.00 e. The molecule has 6 aromatic heterocycles. The van der Waals surface area contributed by atoms with Crippen LogP contribution in [0.4, 0.5) is 0 Å². The summed E-state index contributed by atoms with van der Waals surface area (Å²) in [6, 6.07) is 61.7. The Morgan fingerprint density at radius 2 is 0.403 bits per heavy atom. The number of nitrogens with zero attached hydrogens (tertiary/aromatic N) is 6. The minimum atomic E-state index is 0. The van der Waals surface area contributed by atoms with Crippen LogP contribution in [0.3, 0.4) is 0 Å². The number of H-pyrrole nitrogens is 2. The summed E-state index contributed by atoms with van der Waals surface area (Å²) in [6.45, 7) is 39.5. The van der Waals surface area contributed by atoms with Crippen molar-refractivity contribution in [3.8, 4) is 113 Å². The zero-order valence-electron chi connectivity index (χ0n) is 71.2. The minimum absolute atomic E-state index is 0. The maximum absolute atomic E-state index is 5.71. The monoisotopic (exact) mass is 1590 g/mol. The quantitative estimate of drug-likeness (QED) is 0.116. The first-order valence-electron chi connectivity index (χ1n) is 40.8. The van der Waals surface area contributed by atoms with Gasteiger partial charge in [0.1, 0.15) is 0 Å². The van der Waals surface area contributed by atoms with Crippen molar-refractivity contribution in [3.63, 3.8) is 0 Å². The molecule has 119 heavy (non-hydrogen) atoms. The average Bonchev–Trinajstić information content (AvgIpc) is 1.62. The summed E-state index contributed by atoms with van der Waals surface area (Å²) in [6.07, 6.45) is 17.4. The van der Waals surface area contributed by atoms with Crippen LogP contribution in [0.25, 0.3) is 182 Å². The van der Waals surface area contributed by atoms with E-state index in [1.165, 1.54) is 83.5 Å². The largest absolute Gasteiger partial charge is 2.00 e. The first-order valence-corrected chi connectivity index (χ1v) is 40.8. The third-order valence-electron chi connectivity index (χ3n) is 23.7. The van der Waals surface area contributed by atoms with E-state index in [0.29, 0.717) is 0 Å². The molecular weight excluding hydrogens is 1500 g/mol. The van der Waals surface area contributed by atoms with Crippen LogP contribution < -0.4 is 9.97 Å². The number of hydrogen-bond acceptors (Lipinski definition) is 4. The van der Waals surface area contributed by atoms with Gasteiger partial charge in [-0.1, -0.05) is 167 Å². The van der Waals surface area contributed by atoms with Crippen LogP contribution in [0.2, 0.25) is 0 Å². The molecule has 9 heteroatoms. The van der Waals surface area contributed by atoms with Gasteiger partial charge in [0.05, 0.1) is 45.6 Å². The van der Waals surface area contributed by atoms with Crippen molar-refractivity contribution < 1.29 is 19.5 Å². The van der Waals surface area contributed by atoms with Crippen molar-refractivity contribution in [3.05, 3.63) is 327 Å². The number of hydrogen-bond donors (Lipinski definition) is 2. The molecule has 0 aliphatic carbocycles. The number of fused-ring (bicyclic) bond motifs is 16. The third kappa shape index (κ3) is 14.3. The molecule has 14 aromatic rings. The second kappa shape index (κ2) is 31.0.